The number of amides is 1. The summed E-state index contributed by atoms with van der Waals surface area (Å²) in [5.41, 5.74) is 4.80. The van der Waals surface area contributed by atoms with Gasteiger partial charge in [0.05, 0.1) is 0 Å². The predicted octanol–water partition coefficient (Wildman–Crippen LogP) is -0.264. The van der Waals surface area contributed by atoms with Crippen LogP contribution in [-0.4, -0.2) is 18.1 Å². The van der Waals surface area contributed by atoms with E-state index < -0.39 is 0 Å². The van der Waals surface area contributed by atoms with Gasteiger partial charge in [-0.05, 0) is 0 Å². The van der Waals surface area contributed by atoms with E-state index in [2.05, 4.69) is 0 Å². The lowest BCUT2D eigenvalue weighted by molar-refractivity contribution is -0.120. The van der Waals surface area contributed by atoms with Gasteiger partial charge in [-0.1, -0.05) is 13.8 Å². The van der Waals surface area contributed by atoms with E-state index in [4.69, 9.17) is 10.8 Å². The molecule has 8 heavy (non-hydrogen) atoms. The normalized spacial score (nSPS) is 7.62. The molecule has 0 spiro atoms. The molecule has 0 bridgehead atoms. The molecule has 0 saturated carbocycles. The molecule has 0 aliphatic heterocycles. The van der Waals surface area contributed by atoms with Crippen LogP contribution in [-0.2, 0) is 4.79 Å². The SMILES string of the molecule is CC(C)C(N)=O.CO. The van der Waals surface area contributed by atoms with Crippen LogP contribution < -0.4 is 5.73 Å². The predicted molar refractivity (Wildman–Crippen MR) is 32.2 cm³/mol. The average molecular weight is 119 g/mol. The molecule has 0 saturated heterocycles. The largest absolute Gasteiger partial charge is 0.400 e. The van der Waals surface area contributed by atoms with Crippen molar-refractivity contribution < 1.29 is 9.90 Å². The number of carbonyl (C=O) groups excluding carboxylic acids is 1. The van der Waals surface area contributed by atoms with Crippen LogP contribution in [0.1, 0.15) is 13.8 Å². The van der Waals surface area contributed by atoms with E-state index in [0.29, 0.717) is 0 Å². The van der Waals surface area contributed by atoms with Gasteiger partial charge in [-0.3, -0.25) is 4.79 Å². The maximum Gasteiger partial charge on any atom is 0.219 e. The summed E-state index contributed by atoms with van der Waals surface area (Å²) in [6.07, 6.45) is 0. The lowest BCUT2D eigenvalue weighted by Gasteiger charge is -1.90. The molecule has 0 aromatic heterocycles. The van der Waals surface area contributed by atoms with E-state index in [1.165, 1.54) is 0 Å². The van der Waals surface area contributed by atoms with E-state index in [1.54, 1.807) is 13.8 Å². The highest BCUT2D eigenvalue weighted by atomic mass is 16.2. The first-order valence-electron chi connectivity index (χ1n) is 2.38. The Hall–Kier alpha value is -0.570. The third kappa shape index (κ3) is 9.06. The monoisotopic (exact) mass is 119 g/mol. The molecule has 0 aromatic carbocycles. The highest BCUT2D eigenvalue weighted by Gasteiger charge is 1.96. The molecule has 0 rings (SSSR count). The van der Waals surface area contributed by atoms with Gasteiger partial charge in [0.1, 0.15) is 0 Å². The fourth-order valence-corrected chi connectivity index (χ4v) is 0. The van der Waals surface area contributed by atoms with Gasteiger partial charge in [0, 0.05) is 13.0 Å². The molecule has 0 fully saturated rings. The van der Waals surface area contributed by atoms with Crippen LogP contribution in [0.2, 0.25) is 0 Å². The number of nitrogens with two attached hydrogens (primary N) is 1. The van der Waals surface area contributed by atoms with Crippen molar-refractivity contribution in [3.63, 3.8) is 0 Å². The first-order valence-corrected chi connectivity index (χ1v) is 2.38. The third-order valence-corrected chi connectivity index (χ3v) is 0.569. The molecule has 0 aliphatic rings. The lowest BCUT2D eigenvalue weighted by Crippen LogP contribution is -2.17. The minimum absolute atomic E-state index is 0.00926. The maximum atomic E-state index is 9.92. The third-order valence-electron chi connectivity index (χ3n) is 0.569. The Morgan fingerprint density at radius 1 is 1.50 bits per heavy atom. The molecular formula is C5H13NO2. The second-order valence-corrected chi connectivity index (χ2v) is 1.56. The highest BCUT2D eigenvalue weighted by Crippen LogP contribution is 1.84. The van der Waals surface area contributed by atoms with Crippen molar-refractivity contribution in [1.29, 1.82) is 0 Å². The summed E-state index contributed by atoms with van der Waals surface area (Å²) in [7, 11) is 1.00. The van der Waals surface area contributed by atoms with Crippen molar-refractivity contribution in [3.05, 3.63) is 0 Å². The Kier molecular flexibility index (Phi) is 8.37. The van der Waals surface area contributed by atoms with Crippen LogP contribution in [0.4, 0.5) is 0 Å². The minimum Gasteiger partial charge on any atom is -0.400 e. The van der Waals surface area contributed by atoms with Gasteiger partial charge in [-0.25, -0.2) is 0 Å². The number of hydrogen-bond donors (Lipinski definition) is 2. The van der Waals surface area contributed by atoms with Gasteiger partial charge < -0.3 is 10.8 Å². The number of primary amides is 1. The van der Waals surface area contributed by atoms with Crippen LogP contribution in [0.25, 0.3) is 0 Å². The van der Waals surface area contributed by atoms with Crippen LogP contribution in [0.15, 0.2) is 0 Å². The minimum atomic E-state index is -0.241. The maximum absolute atomic E-state index is 9.92. The standard InChI is InChI=1S/C4H9NO.CH4O/c1-3(2)4(5)6;1-2/h3H,1-2H3,(H2,5,6);2H,1H3. The fourth-order valence-electron chi connectivity index (χ4n) is 0. The van der Waals surface area contributed by atoms with Gasteiger partial charge in [-0.2, -0.15) is 0 Å². The summed E-state index contributed by atoms with van der Waals surface area (Å²) in [5, 5.41) is 7.00. The first-order chi connectivity index (χ1) is 3.64. The van der Waals surface area contributed by atoms with Crippen LogP contribution in [0.5, 0.6) is 0 Å². The van der Waals surface area contributed by atoms with Crippen molar-refractivity contribution >= 4 is 5.91 Å². The zero-order chi connectivity index (χ0) is 7.15. The summed E-state index contributed by atoms with van der Waals surface area (Å²) in [5.74, 6) is -0.250. The first kappa shape index (κ1) is 10.4. The van der Waals surface area contributed by atoms with Crippen molar-refractivity contribution in [2.24, 2.45) is 11.7 Å². The molecular weight excluding hydrogens is 106 g/mol. The van der Waals surface area contributed by atoms with Gasteiger partial charge in [-0.15, -0.1) is 0 Å². The Labute approximate surface area is 49.5 Å². The number of aliphatic hydroxyl groups excluding tert-OH is 1. The number of aliphatic hydroxyl groups is 1. The van der Waals surface area contributed by atoms with Gasteiger partial charge in [0.2, 0.25) is 5.91 Å². The van der Waals surface area contributed by atoms with E-state index in [0.717, 1.165) is 7.11 Å². The molecule has 0 radical (unpaired) electrons. The fraction of sp³-hybridized carbons (Fsp3) is 0.800. The van der Waals surface area contributed by atoms with E-state index >= 15 is 0 Å². The summed E-state index contributed by atoms with van der Waals surface area (Å²) < 4.78 is 0. The second-order valence-electron chi connectivity index (χ2n) is 1.56. The molecule has 0 aromatic rings. The van der Waals surface area contributed by atoms with Gasteiger partial charge in [0.25, 0.3) is 0 Å². The van der Waals surface area contributed by atoms with Gasteiger partial charge >= 0.3 is 0 Å². The van der Waals surface area contributed by atoms with Crippen LogP contribution >= 0.6 is 0 Å². The molecule has 0 atom stereocenters. The highest BCUT2D eigenvalue weighted by molar-refractivity contribution is 5.75. The quantitative estimate of drug-likeness (QED) is 0.499. The topological polar surface area (TPSA) is 63.3 Å². The molecule has 3 N–H and O–H groups in total. The molecule has 0 aliphatic carbocycles. The van der Waals surface area contributed by atoms with Crippen molar-refractivity contribution in [2.75, 3.05) is 7.11 Å². The number of hydrogen-bond acceptors (Lipinski definition) is 2. The molecule has 3 heteroatoms. The lowest BCUT2D eigenvalue weighted by atomic mass is 10.2. The Bertz CT molecular complexity index is 61.4. The van der Waals surface area contributed by atoms with E-state index in [9.17, 15) is 4.79 Å². The van der Waals surface area contributed by atoms with Crippen molar-refractivity contribution in [3.8, 4) is 0 Å². The Balaban J connectivity index is 0. The average Bonchev–Trinajstić information content (AvgIpc) is 1.72. The zero-order valence-corrected chi connectivity index (χ0v) is 5.51. The summed E-state index contributed by atoms with van der Waals surface area (Å²) in [6, 6.07) is 0. The Morgan fingerprint density at radius 3 is 1.62 bits per heavy atom. The van der Waals surface area contributed by atoms with Crippen molar-refractivity contribution in [1.82, 2.24) is 0 Å². The van der Waals surface area contributed by atoms with Crippen LogP contribution in [0, 0.1) is 5.92 Å². The summed E-state index contributed by atoms with van der Waals surface area (Å²) >= 11 is 0. The van der Waals surface area contributed by atoms with E-state index in [1.807, 2.05) is 0 Å². The molecule has 0 heterocycles. The van der Waals surface area contributed by atoms with Gasteiger partial charge in [0.15, 0.2) is 0 Å². The number of rotatable bonds is 1. The summed E-state index contributed by atoms with van der Waals surface area (Å²) in [6.45, 7) is 3.53. The summed E-state index contributed by atoms with van der Waals surface area (Å²) in [4.78, 5) is 9.92. The van der Waals surface area contributed by atoms with Crippen LogP contribution in [0.3, 0.4) is 0 Å². The second kappa shape index (κ2) is 6.43. The Morgan fingerprint density at radius 2 is 1.62 bits per heavy atom. The molecule has 0 unspecified atom stereocenters. The van der Waals surface area contributed by atoms with E-state index in [-0.39, 0.29) is 11.8 Å². The zero-order valence-electron chi connectivity index (χ0n) is 5.51. The molecule has 50 valence electrons. The molecule has 1 amide bonds. The van der Waals surface area contributed by atoms with Crippen molar-refractivity contribution in [2.45, 2.75) is 13.8 Å². The smallest absolute Gasteiger partial charge is 0.219 e. The number of carbonyl (C=O) groups is 1. The molecule has 3 nitrogen and oxygen atoms in total.